The highest BCUT2D eigenvalue weighted by atomic mass is 35.5. The topological polar surface area (TPSA) is 46.2 Å². The van der Waals surface area contributed by atoms with E-state index in [0.717, 1.165) is 0 Å². The third kappa shape index (κ3) is 3.10. The Kier molecular flexibility index (Phi) is 5.37. The maximum absolute atomic E-state index is 12.7. The average molecular weight is 240 g/mol. The number of nitrogens with two attached hydrogens (primary N) is 1. The molecule has 0 bridgehead atoms. The Morgan fingerprint density at radius 2 is 2.07 bits per heavy atom. The van der Waals surface area contributed by atoms with Crippen molar-refractivity contribution in [3.8, 4) is 0 Å². The van der Waals surface area contributed by atoms with E-state index < -0.39 is 18.0 Å². The van der Waals surface area contributed by atoms with E-state index in [2.05, 4.69) is 0 Å². The molecule has 0 amide bonds. The van der Waals surface area contributed by atoms with Crippen LogP contribution >= 0.6 is 24.0 Å². The molecular weight excluding hydrogens is 228 g/mol. The van der Waals surface area contributed by atoms with Crippen LogP contribution in [0.25, 0.3) is 0 Å². The lowest BCUT2D eigenvalue weighted by Crippen LogP contribution is -2.23. The van der Waals surface area contributed by atoms with Gasteiger partial charge in [-0.25, -0.2) is 4.39 Å². The first-order valence-corrected chi connectivity index (χ1v) is 4.28. The molecular formula is C9H12Cl2FNO. The zero-order valence-corrected chi connectivity index (χ0v) is 9.15. The summed E-state index contributed by atoms with van der Waals surface area (Å²) in [5.41, 5.74) is 6.25. The van der Waals surface area contributed by atoms with Gasteiger partial charge in [-0.1, -0.05) is 17.7 Å². The van der Waals surface area contributed by atoms with Gasteiger partial charge in [-0.3, -0.25) is 0 Å². The first-order chi connectivity index (χ1) is 6.02. The third-order valence-corrected chi connectivity index (χ3v) is 2.14. The fourth-order valence-electron chi connectivity index (χ4n) is 0.998. The fraction of sp³-hybridized carbons (Fsp3) is 0.333. The van der Waals surface area contributed by atoms with E-state index in [0.29, 0.717) is 5.56 Å². The minimum atomic E-state index is -0.679. The van der Waals surface area contributed by atoms with Crippen molar-refractivity contribution in [1.29, 1.82) is 0 Å². The van der Waals surface area contributed by atoms with Crippen molar-refractivity contribution in [2.75, 3.05) is 0 Å². The second-order valence-electron chi connectivity index (χ2n) is 2.94. The van der Waals surface area contributed by atoms with Gasteiger partial charge in [0.15, 0.2) is 0 Å². The molecule has 0 radical (unpaired) electrons. The highest BCUT2D eigenvalue weighted by Crippen LogP contribution is 2.21. The summed E-state index contributed by atoms with van der Waals surface area (Å²) >= 11 is 5.55. The largest absolute Gasteiger partial charge is 0.391 e. The van der Waals surface area contributed by atoms with Gasteiger partial charge in [0.25, 0.3) is 0 Å². The van der Waals surface area contributed by atoms with Gasteiger partial charge in [0.1, 0.15) is 5.82 Å². The summed E-state index contributed by atoms with van der Waals surface area (Å²) in [6, 6.07) is 3.64. The molecule has 0 fully saturated rings. The Labute approximate surface area is 93.3 Å². The Balaban J connectivity index is 0.00000169. The van der Waals surface area contributed by atoms with Crippen LogP contribution in [0.15, 0.2) is 18.2 Å². The average Bonchev–Trinajstić information content (AvgIpc) is 2.08. The Hall–Kier alpha value is -0.350. The van der Waals surface area contributed by atoms with Crippen LogP contribution in [0.2, 0.25) is 5.02 Å². The van der Waals surface area contributed by atoms with E-state index >= 15 is 0 Å². The van der Waals surface area contributed by atoms with E-state index in [-0.39, 0.29) is 17.4 Å². The number of aliphatic hydroxyl groups is 1. The van der Waals surface area contributed by atoms with E-state index in [9.17, 15) is 9.50 Å². The monoisotopic (exact) mass is 239 g/mol. The van der Waals surface area contributed by atoms with Crippen LogP contribution in [0.5, 0.6) is 0 Å². The van der Waals surface area contributed by atoms with Gasteiger partial charge in [-0.15, -0.1) is 12.4 Å². The van der Waals surface area contributed by atoms with E-state index in [1.54, 1.807) is 6.92 Å². The molecule has 80 valence electrons. The molecule has 0 aliphatic rings. The SMILES string of the molecule is C[C@@H](O)[C@H](N)c1ccc(F)c(Cl)c1.Cl. The van der Waals surface area contributed by atoms with Gasteiger partial charge in [0.05, 0.1) is 17.2 Å². The zero-order valence-electron chi connectivity index (χ0n) is 7.58. The number of halogens is 3. The molecule has 3 N–H and O–H groups in total. The Bertz CT molecular complexity index is 307. The normalized spacial score (nSPS) is 14.4. The van der Waals surface area contributed by atoms with Gasteiger partial charge in [-0.05, 0) is 24.6 Å². The lowest BCUT2D eigenvalue weighted by atomic mass is 10.0. The second-order valence-corrected chi connectivity index (χ2v) is 3.35. The van der Waals surface area contributed by atoms with Crippen molar-refractivity contribution in [3.05, 3.63) is 34.6 Å². The molecule has 0 aliphatic heterocycles. The van der Waals surface area contributed by atoms with Crippen LogP contribution in [-0.4, -0.2) is 11.2 Å². The summed E-state index contributed by atoms with van der Waals surface area (Å²) in [4.78, 5) is 0. The Morgan fingerprint density at radius 3 is 2.50 bits per heavy atom. The van der Waals surface area contributed by atoms with Crippen LogP contribution in [-0.2, 0) is 0 Å². The van der Waals surface area contributed by atoms with Crippen LogP contribution in [0, 0.1) is 5.82 Å². The van der Waals surface area contributed by atoms with Crippen molar-refractivity contribution in [2.24, 2.45) is 5.73 Å². The first kappa shape index (κ1) is 13.7. The molecule has 0 unspecified atom stereocenters. The molecule has 2 nitrogen and oxygen atoms in total. The summed E-state index contributed by atoms with van der Waals surface area (Å²) in [5, 5.41) is 9.19. The fourth-order valence-corrected chi connectivity index (χ4v) is 1.19. The smallest absolute Gasteiger partial charge is 0.141 e. The molecule has 0 aromatic heterocycles. The summed E-state index contributed by atoms with van der Waals surface area (Å²) in [5.74, 6) is -0.483. The van der Waals surface area contributed by atoms with Crippen molar-refractivity contribution in [2.45, 2.75) is 19.1 Å². The zero-order chi connectivity index (χ0) is 10.0. The van der Waals surface area contributed by atoms with Gasteiger partial charge in [-0.2, -0.15) is 0 Å². The highest BCUT2D eigenvalue weighted by molar-refractivity contribution is 6.30. The van der Waals surface area contributed by atoms with Crippen LogP contribution in [0.4, 0.5) is 4.39 Å². The molecule has 0 spiro atoms. The van der Waals surface area contributed by atoms with Crippen molar-refractivity contribution < 1.29 is 9.50 Å². The molecule has 0 aliphatic carbocycles. The molecule has 2 atom stereocenters. The number of hydrogen-bond donors (Lipinski definition) is 2. The quantitative estimate of drug-likeness (QED) is 0.832. The summed E-state index contributed by atoms with van der Waals surface area (Å²) < 4.78 is 12.7. The lowest BCUT2D eigenvalue weighted by Gasteiger charge is -2.15. The van der Waals surface area contributed by atoms with E-state index in [4.69, 9.17) is 17.3 Å². The predicted molar refractivity (Wildman–Crippen MR) is 57.3 cm³/mol. The Morgan fingerprint density at radius 1 is 1.50 bits per heavy atom. The standard InChI is InChI=1S/C9H11ClFNO.ClH/c1-5(13)9(12)6-2-3-8(11)7(10)4-6;/h2-5,9,13H,12H2,1H3;1H/t5-,9+;/m1./s1. The van der Waals surface area contributed by atoms with Crippen LogP contribution in [0.1, 0.15) is 18.5 Å². The number of benzene rings is 1. The van der Waals surface area contributed by atoms with Crippen molar-refractivity contribution >= 4 is 24.0 Å². The molecule has 0 heterocycles. The van der Waals surface area contributed by atoms with Gasteiger partial charge < -0.3 is 10.8 Å². The summed E-state index contributed by atoms with van der Waals surface area (Å²) in [7, 11) is 0. The number of hydrogen-bond acceptors (Lipinski definition) is 2. The number of aliphatic hydroxyl groups excluding tert-OH is 1. The predicted octanol–water partition coefficient (Wildman–Crippen LogP) is 2.28. The van der Waals surface area contributed by atoms with Crippen LogP contribution in [0.3, 0.4) is 0 Å². The van der Waals surface area contributed by atoms with Crippen LogP contribution < -0.4 is 5.73 Å². The summed E-state index contributed by atoms with van der Waals surface area (Å²) in [6.07, 6.45) is -0.679. The molecule has 1 aromatic rings. The van der Waals surface area contributed by atoms with E-state index in [1.807, 2.05) is 0 Å². The van der Waals surface area contributed by atoms with Gasteiger partial charge in [0, 0.05) is 0 Å². The molecule has 14 heavy (non-hydrogen) atoms. The molecule has 1 rings (SSSR count). The number of rotatable bonds is 2. The minimum Gasteiger partial charge on any atom is -0.391 e. The third-order valence-electron chi connectivity index (χ3n) is 1.85. The first-order valence-electron chi connectivity index (χ1n) is 3.91. The highest BCUT2D eigenvalue weighted by Gasteiger charge is 2.13. The maximum Gasteiger partial charge on any atom is 0.141 e. The molecule has 0 saturated carbocycles. The molecule has 1 aromatic carbocycles. The van der Waals surface area contributed by atoms with Gasteiger partial charge in [0.2, 0.25) is 0 Å². The lowest BCUT2D eigenvalue weighted by molar-refractivity contribution is 0.164. The minimum absolute atomic E-state index is 0. The van der Waals surface area contributed by atoms with Gasteiger partial charge >= 0.3 is 0 Å². The molecule has 5 heteroatoms. The molecule has 0 saturated heterocycles. The summed E-state index contributed by atoms with van der Waals surface area (Å²) in [6.45, 7) is 1.57. The van der Waals surface area contributed by atoms with E-state index in [1.165, 1.54) is 18.2 Å². The van der Waals surface area contributed by atoms with Crippen molar-refractivity contribution in [3.63, 3.8) is 0 Å². The van der Waals surface area contributed by atoms with Crippen molar-refractivity contribution in [1.82, 2.24) is 0 Å². The maximum atomic E-state index is 12.7. The second kappa shape index (κ2) is 5.51.